The molecule has 1 unspecified atom stereocenters. The summed E-state index contributed by atoms with van der Waals surface area (Å²) in [5.41, 5.74) is 0. The van der Waals surface area contributed by atoms with E-state index in [0.29, 0.717) is 0 Å². The summed E-state index contributed by atoms with van der Waals surface area (Å²) in [4.78, 5) is 0. The molecule has 0 aliphatic rings. The molecular formula is C32H65. The first-order chi connectivity index (χ1) is 15.8. The van der Waals surface area contributed by atoms with Crippen molar-refractivity contribution >= 4 is 0 Å². The summed E-state index contributed by atoms with van der Waals surface area (Å²) in [5.74, 6) is 0.947. The SMILES string of the molecule is [CH2]CCCCCCCCCCCCCCCCCCCCCCCCCCCC(C)CC. The van der Waals surface area contributed by atoms with Crippen LogP contribution in [0.1, 0.15) is 194 Å². The van der Waals surface area contributed by atoms with Gasteiger partial charge in [-0.15, -0.1) is 0 Å². The Balaban J connectivity index is 3.01. The topological polar surface area (TPSA) is 0 Å². The van der Waals surface area contributed by atoms with Gasteiger partial charge in [0.15, 0.2) is 0 Å². The quantitative estimate of drug-likeness (QED) is 0.104. The van der Waals surface area contributed by atoms with Crippen molar-refractivity contribution in [2.75, 3.05) is 0 Å². The van der Waals surface area contributed by atoms with Crippen LogP contribution in [0.25, 0.3) is 0 Å². The molecular weight excluding hydrogens is 384 g/mol. The number of unbranched alkanes of at least 4 members (excludes halogenated alkanes) is 25. The van der Waals surface area contributed by atoms with E-state index in [4.69, 9.17) is 0 Å². The molecule has 0 heteroatoms. The van der Waals surface area contributed by atoms with E-state index in [2.05, 4.69) is 20.8 Å². The van der Waals surface area contributed by atoms with Gasteiger partial charge >= 0.3 is 0 Å². The van der Waals surface area contributed by atoms with Crippen molar-refractivity contribution in [2.45, 2.75) is 194 Å². The van der Waals surface area contributed by atoms with Gasteiger partial charge in [0, 0.05) is 0 Å². The first-order valence-corrected chi connectivity index (χ1v) is 15.6. The summed E-state index contributed by atoms with van der Waals surface area (Å²) in [7, 11) is 0. The van der Waals surface area contributed by atoms with E-state index in [1.807, 2.05) is 0 Å². The molecule has 0 nitrogen and oxygen atoms in total. The van der Waals surface area contributed by atoms with Crippen LogP contribution in [0.5, 0.6) is 0 Å². The third kappa shape index (κ3) is 28.0. The molecule has 0 amide bonds. The highest BCUT2D eigenvalue weighted by molar-refractivity contribution is 4.53. The molecule has 32 heavy (non-hydrogen) atoms. The Morgan fingerprint density at radius 1 is 0.375 bits per heavy atom. The van der Waals surface area contributed by atoms with Gasteiger partial charge in [0.2, 0.25) is 0 Å². The van der Waals surface area contributed by atoms with Crippen molar-refractivity contribution in [2.24, 2.45) is 5.92 Å². The Hall–Kier alpha value is 0. The van der Waals surface area contributed by atoms with E-state index in [0.717, 1.165) is 12.3 Å². The summed E-state index contributed by atoms with van der Waals surface area (Å²) in [6.07, 6.45) is 40.7. The summed E-state index contributed by atoms with van der Waals surface area (Å²) in [6.45, 7) is 8.65. The van der Waals surface area contributed by atoms with Gasteiger partial charge in [0.05, 0.1) is 0 Å². The van der Waals surface area contributed by atoms with Gasteiger partial charge in [-0.3, -0.25) is 0 Å². The van der Waals surface area contributed by atoms with Gasteiger partial charge in [0.1, 0.15) is 0 Å². The Bertz CT molecular complexity index is 307. The number of hydrogen-bond donors (Lipinski definition) is 0. The zero-order valence-corrected chi connectivity index (χ0v) is 23.1. The van der Waals surface area contributed by atoms with Crippen molar-refractivity contribution in [3.63, 3.8) is 0 Å². The van der Waals surface area contributed by atoms with Crippen LogP contribution in [0.15, 0.2) is 0 Å². The molecule has 0 fully saturated rings. The van der Waals surface area contributed by atoms with Crippen LogP contribution in [-0.2, 0) is 0 Å². The van der Waals surface area contributed by atoms with Crippen molar-refractivity contribution in [3.05, 3.63) is 6.92 Å². The van der Waals surface area contributed by atoms with Gasteiger partial charge in [-0.2, -0.15) is 0 Å². The molecule has 0 saturated carbocycles. The smallest absolute Gasteiger partial charge is 0.0445 e. The molecule has 193 valence electrons. The second-order valence-corrected chi connectivity index (χ2v) is 11.0. The lowest BCUT2D eigenvalue weighted by Crippen LogP contribution is -1.91. The van der Waals surface area contributed by atoms with Gasteiger partial charge in [-0.1, -0.05) is 201 Å². The standard InChI is InChI=1S/C32H65/c1-4-6-7-8-9-10-11-12-13-14-15-16-17-18-19-20-21-22-23-24-25-26-27-28-29-30-31-32(3)5-2/h32H,1,4-31H2,2-3H3. The maximum atomic E-state index is 3.92. The normalized spacial score (nSPS) is 12.5. The molecule has 0 aromatic heterocycles. The molecule has 0 rings (SSSR count). The van der Waals surface area contributed by atoms with Gasteiger partial charge < -0.3 is 0 Å². The fourth-order valence-electron chi connectivity index (χ4n) is 4.94. The van der Waals surface area contributed by atoms with E-state index in [1.54, 1.807) is 0 Å². The lowest BCUT2D eigenvalue weighted by atomic mass is 9.99. The minimum Gasteiger partial charge on any atom is -0.0651 e. The van der Waals surface area contributed by atoms with Crippen molar-refractivity contribution in [3.8, 4) is 0 Å². The molecule has 0 saturated heterocycles. The van der Waals surface area contributed by atoms with E-state index >= 15 is 0 Å². The molecule has 0 N–H and O–H groups in total. The molecule has 0 aliphatic carbocycles. The average molecular weight is 450 g/mol. The second-order valence-electron chi connectivity index (χ2n) is 11.0. The van der Waals surface area contributed by atoms with E-state index < -0.39 is 0 Å². The zero-order valence-electron chi connectivity index (χ0n) is 23.1. The fraction of sp³-hybridized carbons (Fsp3) is 0.969. The molecule has 0 aromatic rings. The first kappa shape index (κ1) is 32.0. The second kappa shape index (κ2) is 29.0. The minimum atomic E-state index is 0.947. The predicted octanol–water partition coefficient (Wildman–Crippen LogP) is 12.4. The van der Waals surface area contributed by atoms with E-state index in [9.17, 15) is 0 Å². The molecule has 0 heterocycles. The highest BCUT2D eigenvalue weighted by Gasteiger charge is 1.99. The molecule has 0 bridgehead atoms. The van der Waals surface area contributed by atoms with Crippen LogP contribution < -0.4 is 0 Å². The van der Waals surface area contributed by atoms with Crippen LogP contribution in [0.3, 0.4) is 0 Å². The summed E-state index contributed by atoms with van der Waals surface area (Å²) in [5, 5.41) is 0. The summed E-state index contributed by atoms with van der Waals surface area (Å²) < 4.78 is 0. The third-order valence-corrected chi connectivity index (χ3v) is 7.64. The van der Waals surface area contributed by atoms with Crippen LogP contribution in [0, 0.1) is 12.8 Å². The highest BCUT2D eigenvalue weighted by atomic mass is 14.0. The van der Waals surface area contributed by atoms with Crippen LogP contribution >= 0.6 is 0 Å². The highest BCUT2D eigenvalue weighted by Crippen LogP contribution is 2.17. The van der Waals surface area contributed by atoms with E-state index in [-0.39, 0.29) is 0 Å². The Kier molecular flexibility index (Phi) is 29.0. The maximum absolute atomic E-state index is 3.92. The molecule has 0 aromatic carbocycles. The Morgan fingerprint density at radius 2 is 0.594 bits per heavy atom. The molecule has 0 spiro atoms. The van der Waals surface area contributed by atoms with Crippen LogP contribution in [-0.4, -0.2) is 0 Å². The zero-order chi connectivity index (χ0) is 23.4. The van der Waals surface area contributed by atoms with Crippen molar-refractivity contribution in [1.82, 2.24) is 0 Å². The Labute approximate surface area is 206 Å². The van der Waals surface area contributed by atoms with Gasteiger partial charge in [-0.25, -0.2) is 0 Å². The largest absolute Gasteiger partial charge is 0.0651 e. The molecule has 0 aliphatic heterocycles. The Morgan fingerprint density at radius 3 is 0.812 bits per heavy atom. The van der Waals surface area contributed by atoms with Crippen molar-refractivity contribution < 1.29 is 0 Å². The van der Waals surface area contributed by atoms with Gasteiger partial charge in [-0.05, 0) is 5.92 Å². The number of hydrogen-bond acceptors (Lipinski definition) is 0. The molecule has 1 atom stereocenters. The minimum absolute atomic E-state index is 0.947. The average Bonchev–Trinajstić information content (AvgIpc) is 2.81. The number of rotatable bonds is 28. The first-order valence-electron chi connectivity index (χ1n) is 15.6. The van der Waals surface area contributed by atoms with Gasteiger partial charge in [0.25, 0.3) is 0 Å². The lowest BCUT2D eigenvalue weighted by molar-refractivity contribution is 0.468. The van der Waals surface area contributed by atoms with Crippen molar-refractivity contribution in [1.29, 1.82) is 0 Å². The van der Waals surface area contributed by atoms with Crippen LogP contribution in [0.4, 0.5) is 0 Å². The van der Waals surface area contributed by atoms with Crippen LogP contribution in [0.2, 0.25) is 0 Å². The third-order valence-electron chi connectivity index (χ3n) is 7.64. The maximum Gasteiger partial charge on any atom is -0.0445 e. The van der Waals surface area contributed by atoms with E-state index in [1.165, 1.54) is 173 Å². The summed E-state index contributed by atoms with van der Waals surface area (Å²) >= 11 is 0. The predicted molar refractivity (Wildman–Crippen MR) is 149 cm³/mol. The lowest BCUT2D eigenvalue weighted by Gasteiger charge is -2.07. The monoisotopic (exact) mass is 450 g/mol. The summed E-state index contributed by atoms with van der Waals surface area (Å²) in [6, 6.07) is 0. The molecule has 1 radical (unpaired) electrons. The fourth-order valence-corrected chi connectivity index (χ4v) is 4.94.